The number of hydrogen-bond donors (Lipinski definition) is 1. The van der Waals surface area contributed by atoms with Crippen molar-refractivity contribution in [1.82, 2.24) is 29.8 Å². The number of halogens is 3. The molecule has 0 saturated heterocycles. The van der Waals surface area contributed by atoms with Crippen LogP contribution >= 0.6 is 0 Å². The summed E-state index contributed by atoms with van der Waals surface area (Å²) < 4.78 is 51.2. The number of aromatic amines is 1. The van der Waals surface area contributed by atoms with Crippen LogP contribution in [0.5, 0.6) is 0 Å². The van der Waals surface area contributed by atoms with E-state index in [0.717, 1.165) is 41.7 Å². The Morgan fingerprint density at radius 3 is 2.33 bits per heavy atom. The maximum absolute atomic E-state index is 14.0. The highest BCUT2D eigenvalue weighted by atomic mass is 19.4. The predicted octanol–water partition coefficient (Wildman–Crippen LogP) is 6.54. The van der Waals surface area contributed by atoms with Gasteiger partial charge in [-0.3, -0.25) is 18.9 Å². The van der Waals surface area contributed by atoms with Crippen molar-refractivity contribution in [3.05, 3.63) is 139 Å². The SMILES string of the molecule is CCCCc1nc(C)c(Cc2nc(Cc3cccc(C(F)(F)F)c3)no2)c(=O)n1Cc1ccc(-c2ccccc2-c2noc(=O)[nH]2)cc1. The van der Waals surface area contributed by atoms with Crippen molar-refractivity contribution in [3.8, 4) is 22.5 Å². The first-order valence-electron chi connectivity index (χ1n) is 15.4. The molecular formula is C35H31F3N6O4. The molecule has 6 rings (SSSR count). The molecule has 3 aromatic heterocycles. The summed E-state index contributed by atoms with van der Waals surface area (Å²) in [6.45, 7) is 4.12. The van der Waals surface area contributed by atoms with Crippen LogP contribution in [0.1, 0.15) is 65.3 Å². The van der Waals surface area contributed by atoms with Crippen LogP contribution in [-0.2, 0) is 32.0 Å². The number of nitrogens with zero attached hydrogens (tertiary/aromatic N) is 5. The molecule has 0 unspecified atom stereocenters. The summed E-state index contributed by atoms with van der Waals surface area (Å²) in [6, 6.07) is 20.2. The van der Waals surface area contributed by atoms with E-state index >= 15 is 0 Å². The van der Waals surface area contributed by atoms with Gasteiger partial charge in [0, 0.05) is 29.7 Å². The van der Waals surface area contributed by atoms with E-state index in [2.05, 4.69) is 27.2 Å². The topological polar surface area (TPSA) is 133 Å². The lowest BCUT2D eigenvalue weighted by Gasteiger charge is -2.16. The molecule has 246 valence electrons. The van der Waals surface area contributed by atoms with Crippen molar-refractivity contribution >= 4 is 0 Å². The Kier molecular flexibility index (Phi) is 9.19. The molecule has 0 atom stereocenters. The average molecular weight is 657 g/mol. The van der Waals surface area contributed by atoms with Gasteiger partial charge in [-0.2, -0.15) is 18.2 Å². The lowest BCUT2D eigenvalue weighted by Crippen LogP contribution is -2.30. The van der Waals surface area contributed by atoms with Crippen LogP contribution in [0.4, 0.5) is 13.2 Å². The van der Waals surface area contributed by atoms with Gasteiger partial charge in [0.1, 0.15) is 5.82 Å². The smallest absolute Gasteiger partial charge is 0.339 e. The lowest BCUT2D eigenvalue weighted by atomic mass is 9.98. The number of aryl methyl sites for hydroxylation is 2. The Morgan fingerprint density at radius 1 is 0.854 bits per heavy atom. The van der Waals surface area contributed by atoms with Gasteiger partial charge in [-0.25, -0.2) is 9.78 Å². The van der Waals surface area contributed by atoms with Gasteiger partial charge in [0.15, 0.2) is 11.6 Å². The van der Waals surface area contributed by atoms with Crippen LogP contribution in [0.15, 0.2) is 91.4 Å². The molecule has 0 bridgehead atoms. The fraction of sp³-hybridized carbons (Fsp3) is 0.257. The Labute approximate surface area is 272 Å². The summed E-state index contributed by atoms with van der Waals surface area (Å²) in [5, 5.41) is 7.77. The van der Waals surface area contributed by atoms with Crippen LogP contribution in [0.25, 0.3) is 22.5 Å². The van der Waals surface area contributed by atoms with E-state index in [-0.39, 0.29) is 36.7 Å². The summed E-state index contributed by atoms with van der Waals surface area (Å²) in [7, 11) is 0. The highest BCUT2D eigenvalue weighted by molar-refractivity contribution is 5.80. The van der Waals surface area contributed by atoms with Crippen molar-refractivity contribution < 1.29 is 22.2 Å². The first kappa shape index (κ1) is 32.4. The van der Waals surface area contributed by atoms with E-state index in [1.54, 1.807) is 17.6 Å². The van der Waals surface area contributed by atoms with Crippen LogP contribution in [-0.4, -0.2) is 29.8 Å². The van der Waals surface area contributed by atoms with Crippen LogP contribution in [0.3, 0.4) is 0 Å². The molecule has 3 aromatic carbocycles. The van der Waals surface area contributed by atoms with E-state index in [9.17, 15) is 22.8 Å². The molecule has 0 spiro atoms. The zero-order chi connectivity index (χ0) is 33.8. The second kappa shape index (κ2) is 13.6. The zero-order valence-corrected chi connectivity index (χ0v) is 26.2. The average Bonchev–Trinajstić information content (AvgIpc) is 3.72. The molecule has 0 radical (unpaired) electrons. The minimum absolute atomic E-state index is 0.0289. The molecule has 0 saturated carbocycles. The van der Waals surface area contributed by atoms with Crippen molar-refractivity contribution in [2.45, 2.75) is 58.7 Å². The molecule has 0 aliphatic carbocycles. The molecule has 3 heterocycles. The lowest BCUT2D eigenvalue weighted by molar-refractivity contribution is -0.137. The zero-order valence-electron chi connectivity index (χ0n) is 26.2. The van der Waals surface area contributed by atoms with Gasteiger partial charge >= 0.3 is 11.9 Å². The maximum Gasteiger partial charge on any atom is 0.439 e. The number of hydrogen-bond acceptors (Lipinski definition) is 8. The van der Waals surface area contributed by atoms with Crippen LogP contribution in [0.2, 0.25) is 0 Å². The van der Waals surface area contributed by atoms with E-state index in [0.29, 0.717) is 40.5 Å². The van der Waals surface area contributed by atoms with E-state index in [1.165, 1.54) is 6.07 Å². The van der Waals surface area contributed by atoms with Gasteiger partial charge in [0.05, 0.1) is 18.5 Å². The highest BCUT2D eigenvalue weighted by Gasteiger charge is 2.30. The molecule has 13 heteroatoms. The Hall–Kier alpha value is -5.59. The van der Waals surface area contributed by atoms with Gasteiger partial charge in [-0.05, 0) is 41.7 Å². The number of H-pyrrole nitrogens is 1. The number of rotatable bonds is 11. The molecule has 10 nitrogen and oxygen atoms in total. The second-order valence-corrected chi connectivity index (χ2v) is 11.4. The third-order valence-corrected chi connectivity index (χ3v) is 7.99. The van der Waals surface area contributed by atoms with Crippen molar-refractivity contribution in [2.75, 3.05) is 0 Å². The van der Waals surface area contributed by atoms with Crippen molar-refractivity contribution in [2.24, 2.45) is 0 Å². The Morgan fingerprint density at radius 2 is 1.62 bits per heavy atom. The van der Waals surface area contributed by atoms with E-state index in [1.807, 2.05) is 48.5 Å². The Balaban J connectivity index is 1.25. The van der Waals surface area contributed by atoms with Gasteiger partial charge in [-0.1, -0.05) is 90.4 Å². The number of aromatic nitrogens is 6. The second-order valence-electron chi connectivity index (χ2n) is 11.4. The summed E-state index contributed by atoms with van der Waals surface area (Å²) in [4.78, 5) is 37.3. The van der Waals surface area contributed by atoms with E-state index < -0.39 is 17.5 Å². The first-order valence-corrected chi connectivity index (χ1v) is 15.4. The maximum atomic E-state index is 14.0. The van der Waals surface area contributed by atoms with Crippen molar-refractivity contribution in [1.29, 1.82) is 0 Å². The first-order chi connectivity index (χ1) is 23.1. The molecule has 0 fully saturated rings. The molecule has 1 N–H and O–H groups in total. The minimum atomic E-state index is -4.46. The predicted molar refractivity (Wildman–Crippen MR) is 170 cm³/mol. The minimum Gasteiger partial charge on any atom is -0.339 e. The normalized spacial score (nSPS) is 11.7. The monoisotopic (exact) mass is 656 g/mol. The molecule has 6 aromatic rings. The summed E-state index contributed by atoms with van der Waals surface area (Å²) >= 11 is 0. The van der Waals surface area contributed by atoms with Gasteiger partial charge in [0.2, 0.25) is 5.89 Å². The number of nitrogens with one attached hydrogen (secondary N) is 1. The quantitative estimate of drug-likeness (QED) is 0.166. The van der Waals surface area contributed by atoms with Gasteiger partial charge < -0.3 is 4.52 Å². The fourth-order valence-corrected chi connectivity index (χ4v) is 5.53. The summed E-state index contributed by atoms with van der Waals surface area (Å²) in [5.74, 6) is 0.743. The fourth-order valence-electron chi connectivity index (χ4n) is 5.53. The molecular weight excluding hydrogens is 625 g/mol. The molecule has 0 amide bonds. The summed E-state index contributed by atoms with van der Waals surface area (Å²) in [6.07, 6.45) is -1.98. The number of unbranched alkanes of at least 4 members (excludes halogenated alkanes) is 1. The third kappa shape index (κ3) is 7.19. The Bertz CT molecular complexity index is 2160. The number of alkyl halides is 3. The van der Waals surface area contributed by atoms with Crippen molar-refractivity contribution in [3.63, 3.8) is 0 Å². The third-order valence-electron chi connectivity index (χ3n) is 7.99. The van der Waals surface area contributed by atoms with Gasteiger partial charge in [0.25, 0.3) is 5.56 Å². The van der Waals surface area contributed by atoms with Crippen LogP contribution in [0, 0.1) is 6.92 Å². The largest absolute Gasteiger partial charge is 0.439 e. The van der Waals surface area contributed by atoms with E-state index in [4.69, 9.17) is 14.0 Å². The van der Waals surface area contributed by atoms with Gasteiger partial charge in [-0.15, -0.1) is 0 Å². The standard InChI is InChI=1S/C35H31F3N6O4/c1-3-4-12-30-39-21(2)28(19-31-40-29(42-47-31)18-23-8-7-9-25(17-23)35(36,37)38)33(45)44(30)20-22-13-15-24(16-14-22)26-10-5-6-11-27(26)32-41-34(46)48-43-32/h5-11,13-17H,3-4,12,18-20H2,1-2H3,(H,41,43,46). The summed E-state index contributed by atoms with van der Waals surface area (Å²) in [5.41, 5.74) is 3.69. The van der Waals surface area contributed by atoms with Crippen LogP contribution < -0.4 is 11.3 Å². The molecule has 0 aliphatic rings. The molecule has 0 aliphatic heterocycles. The molecule has 48 heavy (non-hydrogen) atoms. The number of benzene rings is 3. The highest BCUT2D eigenvalue weighted by Crippen LogP contribution is 2.31.